The van der Waals surface area contributed by atoms with Crippen LogP contribution in [0.2, 0.25) is 0 Å². The Bertz CT molecular complexity index is 267. The van der Waals surface area contributed by atoms with Crippen LogP contribution in [0.25, 0.3) is 0 Å². The summed E-state index contributed by atoms with van der Waals surface area (Å²) < 4.78 is 0. The van der Waals surface area contributed by atoms with E-state index in [0.717, 1.165) is 6.42 Å². The van der Waals surface area contributed by atoms with Crippen molar-refractivity contribution in [3.63, 3.8) is 0 Å². The number of hydrogen-bond donors (Lipinski definition) is 2. The molecule has 1 rings (SSSR count). The number of rotatable bonds is 3. The van der Waals surface area contributed by atoms with E-state index in [0.29, 0.717) is 11.5 Å². The maximum Gasteiger partial charge on any atom is 0.335 e. The first-order valence-corrected chi connectivity index (χ1v) is 4.63. The van der Waals surface area contributed by atoms with Gasteiger partial charge in [-0.3, -0.25) is 0 Å². The van der Waals surface area contributed by atoms with Crippen molar-refractivity contribution < 1.29 is 9.90 Å². The van der Waals surface area contributed by atoms with Gasteiger partial charge in [-0.1, -0.05) is 6.92 Å². The molecule has 72 valence electrons. The van der Waals surface area contributed by atoms with Crippen molar-refractivity contribution in [3.05, 3.63) is 23.9 Å². The molecule has 0 bridgehead atoms. The standard InChI is InChI=1S/C9H12ClNO2/c1-2-9(6-10)5-7(8(12)13)3-4-11-9/h3-5,11H,2,6H2,1H3,(H,12,13). The highest BCUT2D eigenvalue weighted by molar-refractivity contribution is 6.19. The first-order valence-electron chi connectivity index (χ1n) is 4.10. The van der Waals surface area contributed by atoms with Gasteiger partial charge < -0.3 is 10.4 Å². The van der Waals surface area contributed by atoms with Gasteiger partial charge in [0.15, 0.2) is 0 Å². The summed E-state index contributed by atoms with van der Waals surface area (Å²) in [5.74, 6) is -0.550. The van der Waals surface area contributed by atoms with Crippen molar-refractivity contribution in [2.75, 3.05) is 5.88 Å². The number of carboxylic acids is 1. The molecule has 0 amide bonds. The van der Waals surface area contributed by atoms with E-state index in [-0.39, 0.29) is 0 Å². The molecule has 0 spiro atoms. The first kappa shape index (κ1) is 10.1. The van der Waals surface area contributed by atoms with Crippen LogP contribution in [0.1, 0.15) is 13.3 Å². The lowest BCUT2D eigenvalue weighted by Crippen LogP contribution is -2.43. The first-order chi connectivity index (χ1) is 6.13. The Morgan fingerprint density at radius 3 is 2.92 bits per heavy atom. The van der Waals surface area contributed by atoms with Gasteiger partial charge in [-0.05, 0) is 24.8 Å². The van der Waals surface area contributed by atoms with Gasteiger partial charge in [0.1, 0.15) is 0 Å². The number of carbonyl (C=O) groups is 1. The van der Waals surface area contributed by atoms with Gasteiger partial charge in [-0.25, -0.2) is 4.79 Å². The zero-order chi connectivity index (χ0) is 9.90. The molecule has 0 aromatic rings. The fourth-order valence-corrected chi connectivity index (χ4v) is 1.54. The largest absolute Gasteiger partial charge is 0.478 e. The number of carboxylic acid groups (broad SMARTS) is 1. The number of dihydropyridines is 1. The maximum absolute atomic E-state index is 10.7. The van der Waals surface area contributed by atoms with Crippen LogP contribution in [0, 0.1) is 0 Å². The molecular weight excluding hydrogens is 190 g/mol. The van der Waals surface area contributed by atoms with E-state index in [9.17, 15) is 4.79 Å². The van der Waals surface area contributed by atoms with Crippen LogP contribution < -0.4 is 5.32 Å². The summed E-state index contributed by atoms with van der Waals surface area (Å²) in [6.07, 6.45) is 5.60. The summed E-state index contributed by atoms with van der Waals surface area (Å²) in [5, 5.41) is 11.8. The van der Waals surface area contributed by atoms with Crippen LogP contribution in [0.3, 0.4) is 0 Å². The molecule has 0 saturated carbocycles. The fourth-order valence-electron chi connectivity index (χ4n) is 1.19. The molecule has 1 heterocycles. The average molecular weight is 202 g/mol. The number of hydrogen-bond acceptors (Lipinski definition) is 2. The summed E-state index contributed by atoms with van der Waals surface area (Å²) in [5.41, 5.74) is -0.106. The van der Waals surface area contributed by atoms with Crippen LogP contribution in [-0.4, -0.2) is 22.5 Å². The Kier molecular flexibility index (Phi) is 2.98. The second-order valence-electron chi connectivity index (χ2n) is 3.03. The highest BCUT2D eigenvalue weighted by Crippen LogP contribution is 2.20. The molecule has 1 aliphatic rings. The van der Waals surface area contributed by atoms with Crippen LogP contribution in [0.5, 0.6) is 0 Å². The van der Waals surface area contributed by atoms with Gasteiger partial charge in [0.2, 0.25) is 0 Å². The van der Waals surface area contributed by atoms with Crippen molar-refractivity contribution in [3.8, 4) is 0 Å². The zero-order valence-electron chi connectivity index (χ0n) is 7.38. The predicted octanol–water partition coefficient (Wildman–Crippen LogP) is 1.50. The molecule has 3 nitrogen and oxygen atoms in total. The topological polar surface area (TPSA) is 49.3 Å². The van der Waals surface area contributed by atoms with E-state index in [1.807, 2.05) is 6.92 Å². The van der Waals surface area contributed by atoms with Gasteiger partial charge in [-0.2, -0.15) is 0 Å². The molecule has 13 heavy (non-hydrogen) atoms. The van der Waals surface area contributed by atoms with Crippen molar-refractivity contribution in [1.82, 2.24) is 5.32 Å². The summed E-state index contributed by atoms with van der Waals surface area (Å²) >= 11 is 5.77. The van der Waals surface area contributed by atoms with Gasteiger partial charge in [0.25, 0.3) is 0 Å². The lowest BCUT2D eigenvalue weighted by atomic mass is 9.93. The van der Waals surface area contributed by atoms with Crippen LogP contribution in [0.15, 0.2) is 23.9 Å². The predicted molar refractivity (Wildman–Crippen MR) is 51.7 cm³/mol. The van der Waals surface area contributed by atoms with Crippen LogP contribution in [-0.2, 0) is 4.79 Å². The number of alkyl halides is 1. The van der Waals surface area contributed by atoms with Crippen molar-refractivity contribution in [2.45, 2.75) is 18.9 Å². The normalized spacial score (nSPS) is 26.5. The van der Waals surface area contributed by atoms with Gasteiger partial charge in [0, 0.05) is 5.88 Å². The summed E-state index contributed by atoms with van der Waals surface area (Å²) in [7, 11) is 0. The molecule has 1 unspecified atom stereocenters. The minimum absolute atomic E-state index is 0.293. The van der Waals surface area contributed by atoms with Crippen LogP contribution in [0.4, 0.5) is 0 Å². The van der Waals surface area contributed by atoms with Crippen molar-refractivity contribution in [2.24, 2.45) is 0 Å². The molecule has 0 fully saturated rings. The minimum Gasteiger partial charge on any atom is -0.478 e. The number of aliphatic carboxylic acids is 1. The number of nitrogens with one attached hydrogen (secondary N) is 1. The van der Waals surface area contributed by atoms with E-state index in [1.165, 1.54) is 6.08 Å². The third-order valence-electron chi connectivity index (χ3n) is 2.18. The smallest absolute Gasteiger partial charge is 0.335 e. The van der Waals surface area contributed by atoms with E-state index >= 15 is 0 Å². The van der Waals surface area contributed by atoms with E-state index < -0.39 is 11.5 Å². The molecule has 1 atom stereocenters. The van der Waals surface area contributed by atoms with E-state index in [2.05, 4.69) is 5.32 Å². The second kappa shape index (κ2) is 3.83. The van der Waals surface area contributed by atoms with Crippen molar-refractivity contribution >= 4 is 17.6 Å². The fraction of sp³-hybridized carbons (Fsp3) is 0.444. The quantitative estimate of drug-likeness (QED) is 0.681. The van der Waals surface area contributed by atoms with E-state index in [1.54, 1.807) is 12.3 Å². The Balaban J connectivity index is 2.94. The molecule has 0 saturated heterocycles. The maximum atomic E-state index is 10.7. The third-order valence-corrected chi connectivity index (χ3v) is 2.66. The molecular formula is C9H12ClNO2. The Morgan fingerprint density at radius 1 is 1.77 bits per heavy atom. The van der Waals surface area contributed by atoms with Gasteiger partial charge in [-0.15, -0.1) is 11.6 Å². The van der Waals surface area contributed by atoms with Crippen molar-refractivity contribution in [1.29, 1.82) is 0 Å². The Labute approximate surface area is 82.1 Å². The lowest BCUT2D eigenvalue weighted by Gasteiger charge is -2.30. The Hall–Kier alpha value is -0.960. The second-order valence-corrected chi connectivity index (χ2v) is 3.29. The SMILES string of the molecule is CCC1(CCl)C=C(C(=O)O)C=CN1. The summed E-state index contributed by atoms with van der Waals surface area (Å²) in [6.45, 7) is 1.96. The van der Waals surface area contributed by atoms with Gasteiger partial charge in [0.05, 0.1) is 11.1 Å². The average Bonchev–Trinajstić information content (AvgIpc) is 2.18. The third kappa shape index (κ3) is 2.04. The number of halogens is 1. The summed E-state index contributed by atoms with van der Waals surface area (Å²) in [4.78, 5) is 10.7. The Morgan fingerprint density at radius 2 is 2.46 bits per heavy atom. The minimum atomic E-state index is -0.916. The molecule has 2 N–H and O–H groups in total. The zero-order valence-corrected chi connectivity index (χ0v) is 8.14. The highest BCUT2D eigenvalue weighted by Gasteiger charge is 2.26. The van der Waals surface area contributed by atoms with Gasteiger partial charge >= 0.3 is 5.97 Å². The molecule has 0 aromatic heterocycles. The lowest BCUT2D eigenvalue weighted by molar-refractivity contribution is -0.132. The van der Waals surface area contributed by atoms with Crippen LogP contribution >= 0.6 is 11.6 Å². The molecule has 0 aromatic carbocycles. The molecule has 0 radical (unpaired) electrons. The molecule has 4 heteroatoms. The highest BCUT2D eigenvalue weighted by atomic mass is 35.5. The van der Waals surface area contributed by atoms with E-state index in [4.69, 9.17) is 16.7 Å². The molecule has 1 aliphatic heterocycles. The monoisotopic (exact) mass is 201 g/mol. The summed E-state index contributed by atoms with van der Waals surface area (Å²) in [6, 6.07) is 0. The molecule has 0 aliphatic carbocycles.